The highest BCUT2D eigenvalue weighted by Gasteiger charge is 2.42. The molecule has 0 heterocycles. The van der Waals surface area contributed by atoms with E-state index in [-0.39, 0.29) is 6.42 Å². The fourth-order valence-corrected chi connectivity index (χ4v) is 1.28. The van der Waals surface area contributed by atoms with Gasteiger partial charge >= 0.3 is 0 Å². The van der Waals surface area contributed by atoms with Crippen molar-refractivity contribution in [1.29, 1.82) is 0 Å². The normalized spacial score (nSPS) is 33.0. The standard InChI is InChI=1S/C6H11F2N/c1-9-5-3-2-4-6(5,7)8/h5,9H,2-4H2,1H3/t5-/m0/s1. The van der Waals surface area contributed by atoms with Crippen LogP contribution in [0.15, 0.2) is 0 Å². The van der Waals surface area contributed by atoms with Crippen LogP contribution in [0.5, 0.6) is 0 Å². The molecule has 1 aliphatic carbocycles. The highest BCUT2D eigenvalue weighted by molar-refractivity contribution is 4.88. The molecular formula is C6H11F2N. The van der Waals surface area contributed by atoms with Crippen molar-refractivity contribution in [2.24, 2.45) is 0 Å². The van der Waals surface area contributed by atoms with Gasteiger partial charge in [-0.15, -0.1) is 0 Å². The third kappa shape index (κ3) is 1.21. The molecule has 1 nitrogen and oxygen atoms in total. The van der Waals surface area contributed by atoms with Crippen LogP contribution in [-0.4, -0.2) is 19.0 Å². The zero-order valence-corrected chi connectivity index (χ0v) is 5.45. The molecule has 0 saturated heterocycles. The first-order valence-corrected chi connectivity index (χ1v) is 3.22. The van der Waals surface area contributed by atoms with Gasteiger partial charge in [-0.25, -0.2) is 8.78 Å². The minimum atomic E-state index is -2.45. The Balaban J connectivity index is 2.52. The van der Waals surface area contributed by atoms with Crippen LogP contribution in [0, 0.1) is 0 Å². The van der Waals surface area contributed by atoms with E-state index >= 15 is 0 Å². The van der Waals surface area contributed by atoms with Crippen molar-refractivity contribution in [2.45, 2.75) is 31.2 Å². The molecule has 0 amide bonds. The third-order valence-electron chi connectivity index (χ3n) is 1.86. The number of rotatable bonds is 1. The third-order valence-corrected chi connectivity index (χ3v) is 1.86. The van der Waals surface area contributed by atoms with Gasteiger partial charge in [-0.2, -0.15) is 0 Å². The molecule has 0 aromatic heterocycles. The lowest BCUT2D eigenvalue weighted by atomic mass is 10.2. The van der Waals surface area contributed by atoms with Gasteiger partial charge in [0.2, 0.25) is 0 Å². The minimum Gasteiger partial charge on any atom is -0.312 e. The zero-order chi connectivity index (χ0) is 6.91. The predicted octanol–water partition coefficient (Wildman–Crippen LogP) is 1.39. The number of hydrogen-bond donors (Lipinski definition) is 1. The first-order chi connectivity index (χ1) is 4.17. The van der Waals surface area contributed by atoms with E-state index in [1.807, 2.05) is 0 Å². The summed E-state index contributed by atoms with van der Waals surface area (Å²) in [5.74, 6) is -2.45. The monoisotopic (exact) mass is 135 g/mol. The first kappa shape index (κ1) is 6.93. The molecule has 1 saturated carbocycles. The van der Waals surface area contributed by atoms with Crippen LogP contribution in [0.1, 0.15) is 19.3 Å². The summed E-state index contributed by atoms with van der Waals surface area (Å²) in [6.45, 7) is 0. The summed E-state index contributed by atoms with van der Waals surface area (Å²) in [7, 11) is 1.59. The molecule has 0 radical (unpaired) electrons. The Bertz CT molecular complexity index is 103. The fraction of sp³-hybridized carbons (Fsp3) is 1.00. The van der Waals surface area contributed by atoms with E-state index in [0.29, 0.717) is 12.8 Å². The molecule has 1 atom stereocenters. The molecule has 3 heteroatoms. The zero-order valence-electron chi connectivity index (χ0n) is 5.45. The molecule has 0 aromatic carbocycles. The Kier molecular flexibility index (Phi) is 1.70. The van der Waals surface area contributed by atoms with E-state index in [1.165, 1.54) is 0 Å². The van der Waals surface area contributed by atoms with Crippen LogP contribution < -0.4 is 5.32 Å². The molecule has 0 aromatic rings. The molecule has 1 aliphatic rings. The Morgan fingerprint density at radius 1 is 1.56 bits per heavy atom. The lowest BCUT2D eigenvalue weighted by Gasteiger charge is -2.17. The maximum Gasteiger partial charge on any atom is 0.263 e. The van der Waals surface area contributed by atoms with Crippen LogP contribution in [-0.2, 0) is 0 Å². The van der Waals surface area contributed by atoms with E-state index in [2.05, 4.69) is 5.32 Å². The quantitative estimate of drug-likeness (QED) is 0.573. The SMILES string of the molecule is CN[C@H]1CCCC1(F)F. The summed E-state index contributed by atoms with van der Waals surface area (Å²) in [5.41, 5.74) is 0. The topological polar surface area (TPSA) is 12.0 Å². The molecule has 54 valence electrons. The Hall–Kier alpha value is -0.180. The maximum atomic E-state index is 12.5. The van der Waals surface area contributed by atoms with Crippen molar-refractivity contribution >= 4 is 0 Å². The van der Waals surface area contributed by atoms with Gasteiger partial charge < -0.3 is 5.32 Å². The van der Waals surface area contributed by atoms with Gasteiger partial charge in [0.05, 0.1) is 6.04 Å². The number of hydrogen-bond acceptors (Lipinski definition) is 1. The average Bonchev–Trinajstić information content (AvgIpc) is 2.08. The lowest BCUT2D eigenvalue weighted by Crippen LogP contribution is -2.37. The number of nitrogens with one attached hydrogen (secondary N) is 1. The summed E-state index contributed by atoms with van der Waals surface area (Å²) < 4.78 is 25.1. The van der Waals surface area contributed by atoms with Crippen LogP contribution in [0.4, 0.5) is 8.78 Å². The summed E-state index contributed by atoms with van der Waals surface area (Å²) in [5, 5.41) is 2.60. The second-order valence-corrected chi connectivity index (χ2v) is 2.49. The van der Waals surface area contributed by atoms with Crippen molar-refractivity contribution in [3.8, 4) is 0 Å². The predicted molar refractivity (Wildman–Crippen MR) is 31.6 cm³/mol. The van der Waals surface area contributed by atoms with Crippen molar-refractivity contribution in [2.75, 3.05) is 7.05 Å². The molecule has 0 unspecified atom stereocenters. The Morgan fingerprint density at radius 3 is 2.44 bits per heavy atom. The molecule has 1 fully saturated rings. The Morgan fingerprint density at radius 2 is 2.22 bits per heavy atom. The van der Waals surface area contributed by atoms with Crippen molar-refractivity contribution in [3.63, 3.8) is 0 Å². The smallest absolute Gasteiger partial charge is 0.263 e. The molecule has 0 spiro atoms. The maximum absolute atomic E-state index is 12.5. The molecule has 0 aliphatic heterocycles. The van der Waals surface area contributed by atoms with Crippen molar-refractivity contribution < 1.29 is 8.78 Å². The van der Waals surface area contributed by atoms with Gasteiger partial charge in [0.15, 0.2) is 0 Å². The summed E-state index contributed by atoms with van der Waals surface area (Å²) in [6.07, 6.45) is 1.32. The second-order valence-electron chi connectivity index (χ2n) is 2.49. The van der Waals surface area contributed by atoms with E-state index in [4.69, 9.17) is 0 Å². The molecule has 9 heavy (non-hydrogen) atoms. The van der Waals surface area contributed by atoms with Crippen LogP contribution in [0.3, 0.4) is 0 Å². The van der Waals surface area contributed by atoms with Gasteiger partial charge in [0.1, 0.15) is 0 Å². The molecule has 1 rings (SSSR count). The summed E-state index contributed by atoms with van der Waals surface area (Å²) in [6, 6.07) is -0.572. The van der Waals surface area contributed by atoms with Gasteiger partial charge in [0, 0.05) is 6.42 Å². The second kappa shape index (κ2) is 2.21. The molecule has 1 N–H and O–H groups in total. The highest BCUT2D eigenvalue weighted by atomic mass is 19.3. The largest absolute Gasteiger partial charge is 0.312 e. The van der Waals surface area contributed by atoms with Gasteiger partial charge in [-0.3, -0.25) is 0 Å². The van der Waals surface area contributed by atoms with Crippen molar-refractivity contribution in [1.82, 2.24) is 5.32 Å². The van der Waals surface area contributed by atoms with Crippen LogP contribution in [0.2, 0.25) is 0 Å². The van der Waals surface area contributed by atoms with Gasteiger partial charge in [-0.1, -0.05) is 0 Å². The summed E-state index contributed by atoms with van der Waals surface area (Å²) in [4.78, 5) is 0. The number of alkyl halides is 2. The van der Waals surface area contributed by atoms with E-state index in [0.717, 1.165) is 0 Å². The first-order valence-electron chi connectivity index (χ1n) is 3.22. The molecular weight excluding hydrogens is 124 g/mol. The van der Waals surface area contributed by atoms with E-state index < -0.39 is 12.0 Å². The number of halogens is 2. The lowest BCUT2D eigenvalue weighted by molar-refractivity contribution is -0.0155. The molecule has 0 bridgehead atoms. The van der Waals surface area contributed by atoms with E-state index in [1.54, 1.807) is 7.05 Å². The van der Waals surface area contributed by atoms with Gasteiger partial charge in [0.25, 0.3) is 5.92 Å². The van der Waals surface area contributed by atoms with E-state index in [9.17, 15) is 8.78 Å². The van der Waals surface area contributed by atoms with Gasteiger partial charge in [-0.05, 0) is 19.9 Å². The van der Waals surface area contributed by atoms with Crippen molar-refractivity contribution in [3.05, 3.63) is 0 Å². The average molecular weight is 135 g/mol. The Labute approximate surface area is 53.4 Å². The van der Waals surface area contributed by atoms with Crippen LogP contribution >= 0.6 is 0 Å². The summed E-state index contributed by atoms with van der Waals surface area (Å²) >= 11 is 0. The minimum absolute atomic E-state index is 0.0541. The fourth-order valence-electron chi connectivity index (χ4n) is 1.28. The van der Waals surface area contributed by atoms with Crippen LogP contribution in [0.25, 0.3) is 0 Å². The highest BCUT2D eigenvalue weighted by Crippen LogP contribution is 2.34.